The fourth-order valence-corrected chi connectivity index (χ4v) is 2.75. The van der Waals surface area contributed by atoms with E-state index in [9.17, 15) is 19.2 Å². The lowest BCUT2D eigenvalue weighted by Crippen LogP contribution is -2.42. The van der Waals surface area contributed by atoms with Gasteiger partial charge in [-0.3, -0.25) is 19.7 Å². The zero-order chi connectivity index (χ0) is 20.5. The van der Waals surface area contributed by atoms with E-state index in [4.69, 9.17) is 9.47 Å². The van der Waals surface area contributed by atoms with Gasteiger partial charge in [0.15, 0.2) is 6.61 Å². The first kappa shape index (κ1) is 21.4. The van der Waals surface area contributed by atoms with Crippen molar-refractivity contribution in [3.05, 3.63) is 29.8 Å². The number of carbonyl (C=O) groups is 4. The molecule has 0 aromatic heterocycles. The number of aryl methyl sites for hydroxylation is 1. The van der Waals surface area contributed by atoms with E-state index in [0.29, 0.717) is 6.61 Å². The molecule has 1 aliphatic rings. The Bertz CT molecular complexity index is 719. The molecule has 1 saturated heterocycles. The van der Waals surface area contributed by atoms with Crippen LogP contribution in [0.5, 0.6) is 0 Å². The SMILES string of the molecule is CCc1ccc(N2CC(C(=O)OCC(=O)NC(=O)NCCOC)CC2=O)cc1. The van der Waals surface area contributed by atoms with Crippen LogP contribution in [0.3, 0.4) is 0 Å². The number of methoxy groups -OCH3 is 1. The summed E-state index contributed by atoms with van der Waals surface area (Å²) in [6, 6.07) is 6.88. The summed E-state index contributed by atoms with van der Waals surface area (Å²) in [5.41, 5.74) is 1.88. The van der Waals surface area contributed by atoms with Gasteiger partial charge in [0.25, 0.3) is 5.91 Å². The zero-order valence-corrected chi connectivity index (χ0v) is 16.0. The van der Waals surface area contributed by atoms with Crippen molar-refractivity contribution in [2.75, 3.05) is 38.3 Å². The number of amides is 4. The molecule has 9 nitrogen and oxygen atoms in total. The van der Waals surface area contributed by atoms with E-state index in [1.165, 1.54) is 12.0 Å². The minimum absolute atomic E-state index is 0.0213. The molecule has 152 valence electrons. The number of hydrogen-bond donors (Lipinski definition) is 2. The molecule has 0 spiro atoms. The van der Waals surface area contributed by atoms with Crippen LogP contribution < -0.4 is 15.5 Å². The molecule has 1 heterocycles. The summed E-state index contributed by atoms with van der Waals surface area (Å²) in [5, 5.41) is 4.45. The Hall–Kier alpha value is -2.94. The predicted molar refractivity (Wildman–Crippen MR) is 101 cm³/mol. The number of hydrogen-bond acceptors (Lipinski definition) is 6. The smallest absolute Gasteiger partial charge is 0.321 e. The molecule has 0 saturated carbocycles. The first-order chi connectivity index (χ1) is 13.4. The molecule has 4 amide bonds. The van der Waals surface area contributed by atoms with Gasteiger partial charge in [-0.25, -0.2) is 4.79 Å². The van der Waals surface area contributed by atoms with Crippen molar-refractivity contribution in [1.29, 1.82) is 0 Å². The molecule has 1 atom stereocenters. The van der Waals surface area contributed by atoms with Crippen LogP contribution in [0, 0.1) is 5.92 Å². The van der Waals surface area contributed by atoms with Crippen molar-refractivity contribution in [2.24, 2.45) is 5.92 Å². The van der Waals surface area contributed by atoms with E-state index in [0.717, 1.165) is 17.7 Å². The number of anilines is 1. The van der Waals surface area contributed by atoms with E-state index in [1.54, 1.807) is 0 Å². The highest BCUT2D eigenvalue weighted by atomic mass is 16.5. The van der Waals surface area contributed by atoms with Gasteiger partial charge in [0, 0.05) is 32.3 Å². The predicted octanol–water partition coefficient (Wildman–Crippen LogP) is 0.617. The lowest BCUT2D eigenvalue weighted by molar-refractivity contribution is -0.152. The van der Waals surface area contributed by atoms with Crippen LogP contribution in [-0.2, 0) is 30.3 Å². The number of carbonyl (C=O) groups excluding carboxylic acids is 4. The van der Waals surface area contributed by atoms with Crippen LogP contribution in [0.4, 0.5) is 10.5 Å². The van der Waals surface area contributed by atoms with Crippen molar-refractivity contribution in [1.82, 2.24) is 10.6 Å². The summed E-state index contributed by atoms with van der Waals surface area (Å²) >= 11 is 0. The molecule has 2 rings (SSSR count). The molecule has 1 aromatic rings. The summed E-state index contributed by atoms with van der Waals surface area (Å²) < 4.78 is 9.71. The first-order valence-electron chi connectivity index (χ1n) is 9.07. The zero-order valence-electron chi connectivity index (χ0n) is 16.0. The Kier molecular flexibility index (Phi) is 7.94. The molecular weight excluding hydrogens is 366 g/mol. The Balaban J connectivity index is 1.79. The largest absolute Gasteiger partial charge is 0.455 e. The number of benzene rings is 1. The van der Waals surface area contributed by atoms with Crippen molar-refractivity contribution in [2.45, 2.75) is 19.8 Å². The Morgan fingerprint density at radius 2 is 1.93 bits per heavy atom. The van der Waals surface area contributed by atoms with Crippen LogP contribution in [0.15, 0.2) is 24.3 Å². The van der Waals surface area contributed by atoms with Gasteiger partial charge < -0.3 is 19.7 Å². The average Bonchev–Trinajstić information content (AvgIpc) is 3.08. The summed E-state index contributed by atoms with van der Waals surface area (Å²) in [5.74, 6) is -2.22. The van der Waals surface area contributed by atoms with Gasteiger partial charge in [-0.05, 0) is 24.1 Å². The molecule has 0 bridgehead atoms. The third-order valence-corrected chi connectivity index (χ3v) is 4.30. The fraction of sp³-hybridized carbons (Fsp3) is 0.474. The maximum absolute atomic E-state index is 12.2. The van der Waals surface area contributed by atoms with Crippen LogP contribution in [0.25, 0.3) is 0 Å². The van der Waals surface area contributed by atoms with E-state index in [1.807, 2.05) is 36.5 Å². The van der Waals surface area contributed by atoms with E-state index in [-0.39, 0.29) is 25.4 Å². The van der Waals surface area contributed by atoms with Gasteiger partial charge in [0.1, 0.15) is 0 Å². The van der Waals surface area contributed by atoms with E-state index in [2.05, 4.69) is 5.32 Å². The normalized spacial score (nSPS) is 16.0. The summed E-state index contributed by atoms with van der Waals surface area (Å²) in [6.07, 6.45) is 0.920. The molecule has 0 radical (unpaired) electrons. The lowest BCUT2D eigenvalue weighted by atomic mass is 10.1. The summed E-state index contributed by atoms with van der Waals surface area (Å²) in [4.78, 5) is 49.0. The fourth-order valence-electron chi connectivity index (χ4n) is 2.75. The molecule has 1 unspecified atom stereocenters. The molecule has 0 aliphatic carbocycles. The Morgan fingerprint density at radius 3 is 2.57 bits per heavy atom. The Morgan fingerprint density at radius 1 is 1.21 bits per heavy atom. The number of ether oxygens (including phenoxy) is 2. The minimum Gasteiger partial charge on any atom is -0.455 e. The third-order valence-electron chi connectivity index (χ3n) is 4.30. The average molecular weight is 391 g/mol. The molecular formula is C19H25N3O6. The number of urea groups is 1. The van der Waals surface area contributed by atoms with Gasteiger partial charge in [0.2, 0.25) is 5.91 Å². The molecule has 2 N–H and O–H groups in total. The van der Waals surface area contributed by atoms with Crippen molar-refractivity contribution >= 4 is 29.5 Å². The Labute approximate surface area is 163 Å². The maximum atomic E-state index is 12.2. The number of nitrogens with one attached hydrogen (secondary N) is 2. The van der Waals surface area contributed by atoms with Crippen LogP contribution in [0.2, 0.25) is 0 Å². The second-order valence-electron chi connectivity index (χ2n) is 6.33. The van der Waals surface area contributed by atoms with Crippen LogP contribution >= 0.6 is 0 Å². The number of nitrogens with zero attached hydrogens (tertiary/aromatic N) is 1. The van der Waals surface area contributed by atoms with Crippen LogP contribution in [0.1, 0.15) is 18.9 Å². The lowest BCUT2D eigenvalue weighted by Gasteiger charge is -2.17. The van der Waals surface area contributed by atoms with Gasteiger partial charge in [-0.2, -0.15) is 0 Å². The van der Waals surface area contributed by atoms with E-state index < -0.39 is 30.4 Å². The van der Waals surface area contributed by atoms with Gasteiger partial charge in [0.05, 0.1) is 12.5 Å². The minimum atomic E-state index is -0.750. The van der Waals surface area contributed by atoms with Gasteiger partial charge in [-0.15, -0.1) is 0 Å². The number of imide groups is 1. The standard InChI is InChI=1S/C19H25N3O6/c1-3-13-4-6-15(7-5-13)22-11-14(10-17(22)24)18(25)28-12-16(23)21-19(26)20-8-9-27-2/h4-7,14H,3,8-12H2,1-2H3,(H2,20,21,23,26). The highest BCUT2D eigenvalue weighted by Gasteiger charge is 2.36. The monoisotopic (exact) mass is 391 g/mol. The number of esters is 1. The first-order valence-corrected chi connectivity index (χ1v) is 9.07. The summed E-state index contributed by atoms with van der Waals surface area (Å²) in [7, 11) is 1.49. The van der Waals surface area contributed by atoms with Crippen molar-refractivity contribution in [3.63, 3.8) is 0 Å². The summed E-state index contributed by atoms with van der Waals surface area (Å²) in [6.45, 7) is 2.20. The quantitative estimate of drug-likeness (QED) is 0.496. The second-order valence-corrected chi connectivity index (χ2v) is 6.33. The topological polar surface area (TPSA) is 114 Å². The highest BCUT2D eigenvalue weighted by molar-refractivity contribution is 6.00. The van der Waals surface area contributed by atoms with Gasteiger partial charge in [-0.1, -0.05) is 19.1 Å². The molecule has 1 fully saturated rings. The molecule has 28 heavy (non-hydrogen) atoms. The van der Waals surface area contributed by atoms with Crippen molar-refractivity contribution in [3.8, 4) is 0 Å². The maximum Gasteiger partial charge on any atom is 0.321 e. The van der Waals surface area contributed by atoms with Crippen molar-refractivity contribution < 1.29 is 28.7 Å². The molecule has 1 aliphatic heterocycles. The molecule has 1 aromatic carbocycles. The highest BCUT2D eigenvalue weighted by Crippen LogP contribution is 2.26. The van der Waals surface area contributed by atoms with Gasteiger partial charge >= 0.3 is 12.0 Å². The second kappa shape index (κ2) is 10.4. The third kappa shape index (κ3) is 6.05. The van der Waals surface area contributed by atoms with E-state index >= 15 is 0 Å². The number of rotatable bonds is 8. The molecule has 9 heteroatoms. The van der Waals surface area contributed by atoms with Crippen LogP contribution in [-0.4, -0.2) is 57.2 Å².